The lowest BCUT2D eigenvalue weighted by molar-refractivity contribution is -0.153. The van der Waals surface area contributed by atoms with E-state index in [4.69, 9.17) is 4.74 Å². The molecule has 0 aromatic heterocycles. The van der Waals surface area contributed by atoms with Crippen LogP contribution in [-0.4, -0.2) is 30.7 Å². The molecule has 0 aromatic rings. The van der Waals surface area contributed by atoms with Crippen molar-refractivity contribution in [3.8, 4) is 0 Å². The standard InChI is InChI=1S/C9H12N2O3/c1-2-5-3-4-14-9-8(13)10-6(5)7(12)11-9/h2,5-6,9H,1,3-4H2,(H,10,13)(H,11,12). The highest BCUT2D eigenvalue weighted by atomic mass is 16.5. The number of nitrogens with one attached hydrogen (secondary N) is 2. The quantitative estimate of drug-likeness (QED) is 0.537. The second kappa shape index (κ2) is 3.42. The van der Waals surface area contributed by atoms with Crippen molar-refractivity contribution in [3.05, 3.63) is 12.7 Å². The van der Waals surface area contributed by atoms with Crippen molar-refractivity contribution >= 4 is 11.8 Å². The van der Waals surface area contributed by atoms with Crippen LogP contribution in [0.5, 0.6) is 0 Å². The third kappa shape index (κ3) is 1.39. The Labute approximate surface area is 81.5 Å². The molecule has 5 nitrogen and oxygen atoms in total. The van der Waals surface area contributed by atoms with Gasteiger partial charge in [0.15, 0.2) is 0 Å². The molecule has 14 heavy (non-hydrogen) atoms. The average Bonchev–Trinajstić information content (AvgIpc) is 2.14. The number of carbonyl (C=O) groups is 2. The Balaban J connectivity index is 2.24. The van der Waals surface area contributed by atoms with Gasteiger partial charge in [0.2, 0.25) is 12.1 Å². The number of carbonyl (C=O) groups excluding carboxylic acids is 2. The molecule has 3 rings (SSSR count). The highest BCUT2D eigenvalue weighted by Crippen LogP contribution is 2.17. The zero-order valence-corrected chi connectivity index (χ0v) is 7.66. The molecule has 2 N–H and O–H groups in total. The van der Waals surface area contributed by atoms with E-state index in [1.165, 1.54) is 0 Å². The Bertz CT molecular complexity index is 290. The molecule has 5 heteroatoms. The Hall–Kier alpha value is -1.36. The summed E-state index contributed by atoms with van der Waals surface area (Å²) in [5, 5.41) is 5.13. The van der Waals surface area contributed by atoms with Gasteiger partial charge < -0.3 is 15.4 Å². The van der Waals surface area contributed by atoms with Crippen molar-refractivity contribution in [2.75, 3.05) is 6.61 Å². The first kappa shape index (κ1) is 9.21. The van der Waals surface area contributed by atoms with Gasteiger partial charge in [-0.05, 0) is 6.42 Å². The molecule has 0 spiro atoms. The number of fused-ring (bicyclic) bond motifs is 5. The van der Waals surface area contributed by atoms with Crippen LogP contribution in [0.2, 0.25) is 0 Å². The Morgan fingerprint density at radius 2 is 2.14 bits per heavy atom. The summed E-state index contributed by atoms with van der Waals surface area (Å²) < 4.78 is 5.19. The van der Waals surface area contributed by atoms with Crippen molar-refractivity contribution in [1.82, 2.24) is 10.6 Å². The first-order valence-electron chi connectivity index (χ1n) is 4.57. The van der Waals surface area contributed by atoms with Crippen LogP contribution in [0.3, 0.4) is 0 Å². The van der Waals surface area contributed by atoms with Crippen LogP contribution in [0.25, 0.3) is 0 Å². The number of hydrogen-bond acceptors (Lipinski definition) is 3. The summed E-state index contributed by atoms with van der Waals surface area (Å²) in [4.78, 5) is 22.8. The molecule has 0 aliphatic carbocycles. The lowest BCUT2D eigenvalue weighted by Crippen LogP contribution is -2.65. The van der Waals surface area contributed by atoms with E-state index in [0.29, 0.717) is 13.0 Å². The molecule has 76 valence electrons. The molecule has 3 unspecified atom stereocenters. The van der Waals surface area contributed by atoms with Gasteiger partial charge in [0.1, 0.15) is 6.04 Å². The maximum absolute atomic E-state index is 11.5. The lowest BCUT2D eigenvalue weighted by Gasteiger charge is -2.35. The van der Waals surface area contributed by atoms with Gasteiger partial charge in [-0.2, -0.15) is 0 Å². The number of amides is 2. The monoisotopic (exact) mass is 196 g/mol. The Morgan fingerprint density at radius 3 is 2.86 bits per heavy atom. The van der Waals surface area contributed by atoms with Crippen LogP contribution >= 0.6 is 0 Å². The third-order valence-electron chi connectivity index (χ3n) is 2.56. The van der Waals surface area contributed by atoms with Crippen molar-refractivity contribution < 1.29 is 14.3 Å². The molecule has 0 saturated carbocycles. The fraction of sp³-hybridized carbons (Fsp3) is 0.556. The normalized spacial score (nSPS) is 36.7. The maximum atomic E-state index is 11.5. The topological polar surface area (TPSA) is 67.4 Å². The van der Waals surface area contributed by atoms with Gasteiger partial charge in [-0.25, -0.2) is 0 Å². The molecule has 3 atom stereocenters. The number of piperazine rings is 1. The molecule has 3 aliphatic heterocycles. The molecule has 0 aromatic carbocycles. The molecule has 3 saturated heterocycles. The van der Waals surface area contributed by atoms with Crippen LogP contribution in [0, 0.1) is 5.92 Å². The second-order valence-electron chi connectivity index (χ2n) is 3.43. The molecule has 3 heterocycles. The summed E-state index contributed by atoms with van der Waals surface area (Å²) in [5.74, 6) is -0.527. The summed E-state index contributed by atoms with van der Waals surface area (Å²) in [6.45, 7) is 4.11. The minimum atomic E-state index is -0.815. The zero-order valence-electron chi connectivity index (χ0n) is 7.66. The molecule has 3 fully saturated rings. The van der Waals surface area contributed by atoms with E-state index in [-0.39, 0.29) is 17.7 Å². The van der Waals surface area contributed by atoms with Crippen molar-refractivity contribution in [1.29, 1.82) is 0 Å². The Morgan fingerprint density at radius 1 is 1.36 bits per heavy atom. The van der Waals surface area contributed by atoms with Crippen LogP contribution in [0.4, 0.5) is 0 Å². The van der Waals surface area contributed by atoms with Gasteiger partial charge in [0.05, 0.1) is 6.61 Å². The van der Waals surface area contributed by atoms with Crippen LogP contribution in [0.1, 0.15) is 6.42 Å². The van der Waals surface area contributed by atoms with E-state index in [2.05, 4.69) is 17.2 Å². The van der Waals surface area contributed by atoms with E-state index in [9.17, 15) is 9.59 Å². The van der Waals surface area contributed by atoms with Crippen molar-refractivity contribution in [3.63, 3.8) is 0 Å². The maximum Gasteiger partial charge on any atom is 0.270 e. The highest BCUT2D eigenvalue weighted by molar-refractivity contribution is 5.96. The van der Waals surface area contributed by atoms with Crippen LogP contribution in [-0.2, 0) is 14.3 Å². The average molecular weight is 196 g/mol. The molecule has 3 aliphatic rings. The smallest absolute Gasteiger partial charge is 0.270 e. The number of rotatable bonds is 1. The molecule has 2 bridgehead atoms. The van der Waals surface area contributed by atoms with Gasteiger partial charge in [-0.3, -0.25) is 9.59 Å². The fourth-order valence-corrected chi connectivity index (χ4v) is 1.74. The first-order chi connectivity index (χ1) is 6.72. The van der Waals surface area contributed by atoms with Gasteiger partial charge in [-0.1, -0.05) is 6.08 Å². The minimum Gasteiger partial charge on any atom is -0.349 e. The third-order valence-corrected chi connectivity index (χ3v) is 2.56. The van der Waals surface area contributed by atoms with E-state index in [0.717, 1.165) is 0 Å². The Kier molecular flexibility index (Phi) is 2.25. The molecular weight excluding hydrogens is 184 g/mol. The van der Waals surface area contributed by atoms with Gasteiger partial charge in [-0.15, -0.1) is 6.58 Å². The van der Waals surface area contributed by atoms with Gasteiger partial charge in [0, 0.05) is 5.92 Å². The predicted octanol–water partition coefficient (Wildman–Crippen LogP) is -0.850. The summed E-state index contributed by atoms with van der Waals surface area (Å²) >= 11 is 0. The van der Waals surface area contributed by atoms with Crippen molar-refractivity contribution in [2.24, 2.45) is 5.92 Å². The second-order valence-corrected chi connectivity index (χ2v) is 3.43. The van der Waals surface area contributed by atoms with E-state index < -0.39 is 12.3 Å². The number of ether oxygens (including phenoxy) is 1. The van der Waals surface area contributed by atoms with E-state index >= 15 is 0 Å². The van der Waals surface area contributed by atoms with Crippen LogP contribution < -0.4 is 10.6 Å². The van der Waals surface area contributed by atoms with Crippen LogP contribution in [0.15, 0.2) is 12.7 Å². The van der Waals surface area contributed by atoms with Gasteiger partial charge in [0.25, 0.3) is 5.91 Å². The fourth-order valence-electron chi connectivity index (χ4n) is 1.74. The van der Waals surface area contributed by atoms with Crippen molar-refractivity contribution in [2.45, 2.75) is 18.7 Å². The van der Waals surface area contributed by atoms with Gasteiger partial charge >= 0.3 is 0 Å². The van der Waals surface area contributed by atoms with E-state index in [1.54, 1.807) is 6.08 Å². The first-order valence-corrected chi connectivity index (χ1v) is 4.57. The summed E-state index contributed by atoms with van der Waals surface area (Å²) in [5.41, 5.74) is 0. The molecule has 0 radical (unpaired) electrons. The molecular formula is C9H12N2O3. The lowest BCUT2D eigenvalue weighted by atomic mass is 9.93. The zero-order chi connectivity index (χ0) is 10.1. The number of hydrogen-bond donors (Lipinski definition) is 2. The highest BCUT2D eigenvalue weighted by Gasteiger charge is 2.39. The largest absolute Gasteiger partial charge is 0.349 e. The summed E-state index contributed by atoms with van der Waals surface area (Å²) in [6.07, 6.45) is 1.57. The van der Waals surface area contributed by atoms with E-state index in [1.807, 2.05) is 0 Å². The minimum absolute atomic E-state index is 0.0554. The summed E-state index contributed by atoms with van der Waals surface area (Å²) in [7, 11) is 0. The predicted molar refractivity (Wildman–Crippen MR) is 48.1 cm³/mol. The SMILES string of the molecule is C=CC1CCOC2NC(=O)C1NC2=O. The summed E-state index contributed by atoms with van der Waals surface area (Å²) in [6, 6.07) is -0.486. The molecule has 2 amide bonds.